The maximum Gasteiger partial charge on any atom is 0.295 e. The Kier molecular flexibility index (Phi) is 5.19. The number of nitrogens with zero attached hydrogens (tertiary/aromatic N) is 1. The summed E-state index contributed by atoms with van der Waals surface area (Å²) in [6.45, 7) is 2.09. The smallest absolute Gasteiger partial charge is 0.295 e. The first kappa shape index (κ1) is 17.9. The van der Waals surface area contributed by atoms with E-state index in [9.17, 15) is 14.7 Å². The summed E-state index contributed by atoms with van der Waals surface area (Å²) in [6, 6.07) is 15.6. The molecule has 1 amide bonds. The van der Waals surface area contributed by atoms with Crippen molar-refractivity contribution < 1.29 is 19.8 Å². The Morgan fingerprint density at radius 3 is 2.31 bits per heavy atom. The van der Waals surface area contributed by atoms with Gasteiger partial charge in [-0.25, -0.2) is 0 Å². The molecule has 1 aliphatic heterocycles. The van der Waals surface area contributed by atoms with Gasteiger partial charge in [0.05, 0.1) is 11.6 Å². The van der Waals surface area contributed by atoms with Crippen LogP contribution in [0.5, 0.6) is 0 Å². The Labute approximate surface area is 152 Å². The third-order valence-corrected chi connectivity index (χ3v) is 4.54. The number of carbonyl (C=O) groups excluding carboxylic acids is 2. The van der Waals surface area contributed by atoms with E-state index in [0.29, 0.717) is 12.0 Å². The lowest BCUT2D eigenvalue weighted by atomic mass is 9.95. The van der Waals surface area contributed by atoms with Crippen LogP contribution in [0, 0.1) is 6.92 Å². The first-order chi connectivity index (χ1) is 12.5. The van der Waals surface area contributed by atoms with Crippen molar-refractivity contribution in [2.45, 2.75) is 19.4 Å². The predicted octanol–water partition coefficient (Wildman–Crippen LogP) is 2.80. The molecule has 2 N–H and O–H groups in total. The molecule has 0 radical (unpaired) electrons. The third-order valence-electron chi connectivity index (χ3n) is 4.54. The van der Waals surface area contributed by atoms with Gasteiger partial charge in [-0.3, -0.25) is 9.59 Å². The average Bonchev–Trinajstić information content (AvgIpc) is 2.91. The third kappa shape index (κ3) is 3.26. The molecule has 0 aliphatic carbocycles. The lowest BCUT2D eigenvalue weighted by molar-refractivity contribution is -0.140. The van der Waals surface area contributed by atoms with Crippen molar-refractivity contribution in [1.29, 1.82) is 0 Å². The second-order valence-corrected chi connectivity index (χ2v) is 6.35. The highest BCUT2D eigenvalue weighted by Crippen LogP contribution is 2.39. The quantitative estimate of drug-likeness (QED) is 0.493. The fourth-order valence-corrected chi connectivity index (χ4v) is 3.20. The van der Waals surface area contributed by atoms with Gasteiger partial charge in [0.2, 0.25) is 0 Å². The van der Waals surface area contributed by atoms with Gasteiger partial charge >= 0.3 is 0 Å². The molecule has 1 fully saturated rings. The van der Waals surface area contributed by atoms with Crippen molar-refractivity contribution in [1.82, 2.24) is 4.90 Å². The zero-order valence-electron chi connectivity index (χ0n) is 14.6. The van der Waals surface area contributed by atoms with Gasteiger partial charge < -0.3 is 15.1 Å². The Balaban J connectivity index is 2.14. The van der Waals surface area contributed by atoms with Gasteiger partial charge in [0.25, 0.3) is 11.7 Å². The maximum atomic E-state index is 12.7. The van der Waals surface area contributed by atoms with E-state index in [1.165, 1.54) is 4.90 Å². The van der Waals surface area contributed by atoms with Crippen molar-refractivity contribution >= 4 is 17.4 Å². The number of benzene rings is 2. The van der Waals surface area contributed by atoms with E-state index in [0.717, 1.165) is 11.1 Å². The second kappa shape index (κ2) is 7.54. The fourth-order valence-electron chi connectivity index (χ4n) is 3.20. The van der Waals surface area contributed by atoms with Gasteiger partial charge in [0.15, 0.2) is 0 Å². The van der Waals surface area contributed by atoms with Gasteiger partial charge in [-0.15, -0.1) is 0 Å². The molecule has 2 aromatic rings. The van der Waals surface area contributed by atoms with Crippen LogP contribution in [-0.2, 0) is 9.59 Å². The van der Waals surface area contributed by atoms with E-state index < -0.39 is 17.7 Å². The van der Waals surface area contributed by atoms with Crippen LogP contribution in [0.1, 0.15) is 29.2 Å². The summed E-state index contributed by atoms with van der Waals surface area (Å²) in [5.74, 6) is -1.53. The number of hydrogen-bond donors (Lipinski definition) is 2. The summed E-state index contributed by atoms with van der Waals surface area (Å²) in [6.07, 6.45) is 0.362. The Bertz CT molecular complexity index is 840. The van der Waals surface area contributed by atoms with E-state index in [2.05, 4.69) is 0 Å². The number of carbonyl (C=O) groups is 2. The van der Waals surface area contributed by atoms with Crippen LogP contribution in [0.4, 0.5) is 0 Å². The molecular formula is C21H21NO4. The normalized spacial score (nSPS) is 19.2. The van der Waals surface area contributed by atoms with E-state index in [4.69, 9.17) is 5.11 Å². The van der Waals surface area contributed by atoms with Crippen LogP contribution in [0.3, 0.4) is 0 Å². The lowest BCUT2D eigenvalue weighted by Crippen LogP contribution is -2.31. The molecule has 134 valence electrons. The highest BCUT2D eigenvalue weighted by atomic mass is 16.3. The minimum absolute atomic E-state index is 0.0809. The fraction of sp³-hybridized carbons (Fsp3) is 0.238. The van der Waals surface area contributed by atoms with E-state index in [1.807, 2.05) is 49.4 Å². The molecule has 5 heteroatoms. The minimum atomic E-state index is -0.699. The van der Waals surface area contributed by atoms with E-state index >= 15 is 0 Å². The van der Waals surface area contributed by atoms with Gasteiger partial charge in [0.1, 0.15) is 5.76 Å². The highest BCUT2D eigenvalue weighted by molar-refractivity contribution is 6.46. The van der Waals surface area contributed by atoms with Crippen molar-refractivity contribution in [2.75, 3.05) is 13.2 Å². The standard InChI is InChI=1S/C21H21NO4/c1-14-8-10-16(11-9-14)19(24)17-18(15-6-3-2-4-7-15)22(12-5-13-23)21(26)20(17)25/h2-4,6-11,18,23-24H,5,12-13H2,1H3/b19-17+/t18-/m1/s1. The van der Waals surface area contributed by atoms with Gasteiger partial charge in [-0.05, 0) is 18.9 Å². The summed E-state index contributed by atoms with van der Waals surface area (Å²) >= 11 is 0. The minimum Gasteiger partial charge on any atom is -0.507 e. The van der Waals surface area contributed by atoms with Crippen LogP contribution in [0.2, 0.25) is 0 Å². The number of Topliss-reactive ketones (excluding diaryl/α,β-unsaturated/α-hetero) is 1. The average molecular weight is 351 g/mol. The van der Waals surface area contributed by atoms with Crippen LogP contribution in [0.25, 0.3) is 5.76 Å². The predicted molar refractivity (Wildman–Crippen MR) is 98.3 cm³/mol. The monoisotopic (exact) mass is 351 g/mol. The summed E-state index contributed by atoms with van der Waals surface area (Å²) in [5.41, 5.74) is 2.36. The molecule has 1 atom stereocenters. The van der Waals surface area contributed by atoms with Crippen LogP contribution in [0.15, 0.2) is 60.2 Å². The van der Waals surface area contributed by atoms with Crippen LogP contribution in [-0.4, -0.2) is 40.0 Å². The van der Waals surface area contributed by atoms with E-state index in [-0.39, 0.29) is 24.5 Å². The zero-order chi connectivity index (χ0) is 18.7. The van der Waals surface area contributed by atoms with Gasteiger partial charge in [0, 0.05) is 18.7 Å². The molecule has 0 saturated carbocycles. The highest BCUT2D eigenvalue weighted by Gasteiger charge is 2.45. The molecule has 1 saturated heterocycles. The molecule has 0 aromatic heterocycles. The van der Waals surface area contributed by atoms with Gasteiger partial charge in [-0.2, -0.15) is 0 Å². The molecule has 0 unspecified atom stereocenters. The lowest BCUT2D eigenvalue weighted by Gasteiger charge is -2.25. The van der Waals surface area contributed by atoms with Crippen molar-refractivity contribution in [3.8, 4) is 0 Å². The number of likely N-dealkylation sites (tertiary alicyclic amines) is 1. The molecule has 5 nitrogen and oxygen atoms in total. The number of ketones is 1. The Hall–Kier alpha value is -2.92. The summed E-state index contributed by atoms with van der Waals surface area (Å²) < 4.78 is 0. The second-order valence-electron chi connectivity index (χ2n) is 6.35. The molecule has 0 spiro atoms. The number of hydrogen-bond acceptors (Lipinski definition) is 4. The summed E-state index contributed by atoms with van der Waals surface area (Å²) in [7, 11) is 0. The molecule has 2 aromatic carbocycles. The number of aliphatic hydroxyl groups excluding tert-OH is 2. The number of aliphatic hydroxyl groups is 2. The summed E-state index contributed by atoms with van der Waals surface area (Å²) in [5, 5.41) is 19.9. The topological polar surface area (TPSA) is 77.8 Å². The van der Waals surface area contributed by atoms with Crippen LogP contribution < -0.4 is 0 Å². The van der Waals surface area contributed by atoms with Gasteiger partial charge in [-0.1, -0.05) is 60.2 Å². The number of aryl methyl sites for hydroxylation is 1. The van der Waals surface area contributed by atoms with Crippen molar-refractivity contribution in [2.24, 2.45) is 0 Å². The molecule has 1 heterocycles. The van der Waals surface area contributed by atoms with Crippen LogP contribution >= 0.6 is 0 Å². The molecule has 26 heavy (non-hydrogen) atoms. The summed E-state index contributed by atoms with van der Waals surface area (Å²) in [4.78, 5) is 26.6. The first-order valence-electron chi connectivity index (χ1n) is 8.56. The first-order valence-corrected chi connectivity index (χ1v) is 8.56. The maximum absolute atomic E-state index is 12.7. The Morgan fingerprint density at radius 2 is 1.69 bits per heavy atom. The number of rotatable bonds is 5. The van der Waals surface area contributed by atoms with E-state index in [1.54, 1.807) is 12.1 Å². The molecule has 1 aliphatic rings. The Morgan fingerprint density at radius 1 is 1.04 bits per heavy atom. The SMILES string of the molecule is Cc1ccc(/C(O)=C2\C(=O)C(=O)N(CCCO)[C@@H]2c2ccccc2)cc1. The molecular weight excluding hydrogens is 330 g/mol. The van der Waals surface area contributed by atoms with Crippen molar-refractivity contribution in [3.05, 3.63) is 76.9 Å². The molecule has 3 rings (SSSR count). The zero-order valence-corrected chi connectivity index (χ0v) is 14.6. The molecule has 0 bridgehead atoms. The number of amides is 1. The van der Waals surface area contributed by atoms with Crippen molar-refractivity contribution in [3.63, 3.8) is 0 Å². The largest absolute Gasteiger partial charge is 0.507 e.